The minimum atomic E-state index is -0.411. The SMILES string of the molecule is CCCCOCC(O)CNCC(C)COC. The van der Waals surface area contributed by atoms with E-state index in [1.165, 1.54) is 0 Å². The van der Waals surface area contributed by atoms with Crippen LogP contribution in [0.1, 0.15) is 26.7 Å². The van der Waals surface area contributed by atoms with Crippen LogP contribution in [-0.4, -0.2) is 51.2 Å². The maximum absolute atomic E-state index is 9.57. The van der Waals surface area contributed by atoms with Crippen molar-refractivity contribution in [2.75, 3.05) is 40.0 Å². The largest absolute Gasteiger partial charge is 0.389 e. The van der Waals surface area contributed by atoms with Crippen LogP contribution in [0.2, 0.25) is 0 Å². The highest BCUT2D eigenvalue weighted by molar-refractivity contribution is 4.61. The van der Waals surface area contributed by atoms with E-state index in [4.69, 9.17) is 9.47 Å². The fourth-order valence-electron chi connectivity index (χ4n) is 1.36. The highest BCUT2D eigenvalue weighted by atomic mass is 16.5. The first-order valence-electron chi connectivity index (χ1n) is 6.16. The Morgan fingerprint density at radius 2 is 2.00 bits per heavy atom. The average molecular weight is 233 g/mol. The second-order valence-electron chi connectivity index (χ2n) is 4.30. The Bertz CT molecular complexity index is 144. The zero-order chi connectivity index (χ0) is 12.2. The summed E-state index contributed by atoms with van der Waals surface area (Å²) in [5, 5.41) is 12.8. The summed E-state index contributed by atoms with van der Waals surface area (Å²) < 4.78 is 10.4. The number of ether oxygens (including phenoxy) is 2. The lowest BCUT2D eigenvalue weighted by Gasteiger charge is -2.15. The van der Waals surface area contributed by atoms with Crippen molar-refractivity contribution < 1.29 is 14.6 Å². The van der Waals surface area contributed by atoms with Crippen LogP contribution in [0.15, 0.2) is 0 Å². The highest BCUT2D eigenvalue weighted by Crippen LogP contribution is 1.93. The molecular formula is C12H27NO3. The summed E-state index contributed by atoms with van der Waals surface area (Å²) >= 11 is 0. The van der Waals surface area contributed by atoms with Crippen LogP contribution in [-0.2, 0) is 9.47 Å². The van der Waals surface area contributed by atoms with Gasteiger partial charge in [-0.1, -0.05) is 20.3 Å². The number of hydrogen-bond donors (Lipinski definition) is 2. The summed E-state index contributed by atoms with van der Waals surface area (Å²) in [6, 6.07) is 0. The third-order valence-corrected chi connectivity index (χ3v) is 2.28. The van der Waals surface area contributed by atoms with E-state index in [1.54, 1.807) is 7.11 Å². The van der Waals surface area contributed by atoms with Gasteiger partial charge in [0, 0.05) is 26.9 Å². The van der Waals surface area contributed by atoms with Crippen molar-refractivity contribution in [1.29, 1.82) is 0 Å². The molecule has 0 amide bonds. The van der Waals surface area contributed by atoms with Gasteiger partial charge in [-0.3, -0.25) is 0 Å². The molecule has 0 fully saturated rings. The molecule has 0 aromatic carbocycles. The first kappa shape index (κ1) is 15.8. The highest BCUT2D eigenvalue weighted by Gasteiger charge is 2.05. The summed E-state index contributed by atoms with van der Waals surface area (Å²) in [6.45, 7) is 7.59. The Kier molecular flexibility index (Phi) is 11.2. The Morgan fingerprint density at radius 1 is 1.25 bits per heavy atom. The molecule has 4 nitrogen and oxygen atoms in total. The van der Waals surface area contributed by atoms with Gasteiger partial charge >= 0.3 is 0 Å². The number of methoxy groups -OCH3 is 1. The summed E-state index contributed by atoms with van der Waals surface area (Å²) in [5.74, 6) is 0.471. The first-order chi connectivity index (χ1) is 7.70. The Labute approximate surface area is 99.3 Å². The summed E-state index contributed by atoms with van der Waals surface area (Å²) in [6.07, 6.45) is 1.78. The van der Waals surface area contributed by atoms with Gasteiger partial charge < -0.3 is 19.9 Å². The quantitative estimate of drug-likeness (QED) is 0.524. The van der Waals surface area contributed by atoms with E-state index in [2.05, 4.69) is 19.2 Å². The number of aliphatic hydroxyl groups is 1. The standard InChI is InChI=1S/C12H27NO3/c1-4-5-6-16-10-12(14)8-13-7-11(2)9-15-3/h11-14H,4-10H2,1-3H3. The molecule has 0 bridgehead atoms. The van der Waals surface area contributed by atoms with Gasteiger partial charge in [-0.25, -0.2) is 0 Å². The molecule has 2 N–H and O–H groups in total. The molecule has 4 heteroatoms. The molecule has 0 aliphatic carbocycles. The molecule has 2 atom stereocenters. The van der Waals surface area contributed by atoms with Crippen molar-refractivity contribution in [3.05, 3.63) is 0 Å². The smallest absolute Gasteiger partial charge is 0.0897 e. The third-order valence-electron chi connectivity index (χ3n) is 2.28. The lowest BCUT2D eigenvalue weighted by atomic mass is 10.2. The number of hydrogen-bond acceptors (Lipinski definition) is 4. The molecule has 0 saturated carbocycles. The van der Waals surface area contributed by atoms with Crippen LogP contribution in [0.5, 0.6) is 0 Å². The minimum Gasteiger partial charge on any atom is -0.389 e. The van der Waals surface area contributed by atoms with Crippen LogP contribution in [0.4, 0.5) is 0 Å². The van der Waals surface area contributed by atoms with Crippen molar-refractivity contribution in [1.82, 2.24) is 5.32 Å². The van der Waals surface area contributed by atoms with Crippen LogP contribution in [0, 0.1) is 5.92 Å². The van der Waals surface area contributed by atoms with Crippen LogP contribution in [0.3, 0.4) is 0 Å². The van der Waals surface area contributed by atoms with Crippen molar-refractivity contribution in [3.63, 3.8) is 0 Å². The molecule has 0 saturated heterocycles. The van der Waals surface area contributed by atoms with Crippen molar-refractivity contribution in [3.8, 4) is 0 Å². The Hall–Kier alpha value is -0.160. The van der Waals surface area contributed by atoms with E-state index in [-0.39, 0.29) is 0 Å². The Morgan fingerprint density at radius 3 is 2.62 bits per heavy atom. The zero-order valence-electron chi connectivity index (χ0n) is 10.9. The molecular weight excluding hydrogens is 206 g/mol. The van der Waals surface area contributed by atoms with E-state index in [9.17, 15) is 5.11 Å². The van der Waals surface area contributed by atoms with Crippen molar-refractivity contribution in [2.24, 2.45) is 5.92 Å². The van der Waals surface area contributed by atoms with Gasteiger partial charge in [0.1, 0.15) is 0 Å². The summed E-state index contributed by atoms with van der Waals surface area (Å²) in [4.78, 5) is 0. The number of aliphatic hydroxyl groups excluding tert-OH is 1. The normalized spacial score (nSPS) is 15.0. The molecule has 0 radical (unpaired) electrons. The van der Waals surface area contributed by atoms with E-state index >= 15 is 0 Å². The Balaban J connectivity index is 3.26. The molecule has 2 unspecified atom stereocenters. The van der Waals surface area contributed by atoms with E-state index in [0.717, 1.165) is 32.6 Å². The lowest BCUT2D eigenvalue weighted by Crippen LogP contribution is -2.33. The molecule has 0 spiro atoms. The number of nitrogens with one attached hydrogen (secondary N) is 1. The predicted molar refractivity (Wildman–Crippen MR) is 65.6 cm³/mol. The topological polar surface area (TPSA) is 50.7 Å². The molecule has 0 aromatic rings. The van der Waals surface area contributed by atoms with Gasteiger partial charge in [0.25, 0.3) is 0 Å². The molecule has 16 heavy (non-hydrogen) atoms. The monoisotopic (exact) mass is 233 g/mol. The van der Waals surface area contributed by atoms with Crippen LogP contribution >= 0.6 is 0 Å². The lowest BCUT2D eigenvalue weighted by molar-refractivity contribution is 0.0351. The number of rotatable bonds is 11. The van der Waals surface area contributed by atoms with Crippen LogP contribution < -0.4 is 5.32 Å². The van der Waals surface area contributed by atoms with Crippen molar-refractivity contribution >= 4 is 0 Å². The molecule has 0 aliphatic rings. The van der Waals surface area contributed by atoms with Gasteiger partial charge in [0.15, 0.2) is 0 Å². The predicted octanol–water partition coefficient (Wildman–Crippen LogP) is 1.04. The second-order valence-corrected chi connectivity index (χ2v) is 4.30. The molecule has 0 aliphatic heterocycles. The van der Waals surface area contributed by atoms with Gasteiger partial charge in [0.05, 0.1) is 12.7 Å². The zero-order valence-corrected chi connectivity index (χ0v) is 10.9. The number of unbranched alkanes of at least 4 members (excludes halogenated alkanes) is 1. The first-order valence-corrected chi connectivity index (χ1v) is 6.16. The van der Waals surface area contributed by atoms with Gasteiger partial charge in [0.2, 0.25) is 0 Å². The minimum absolute atomic E-state index is 0.411. The maximum Gasteiger partial charge on any atom is 0.0897 e. The second kappa shape index (κ2) is 11.3. The van der Waals surface area contributed by atoms with Gasteiger partial charge in [-0.05, 0) is 18.9 Å². The van der Waals surface area contributed by atoms with Gasteiger partial charge in [-0.15, -0.1) is 0 Å². The molecule has 98 valence electrons. The van der Waals surface area contributed by atoms with Gasteiger partial charge in [-0.2, -0.15) is 0 Å². The van der Waals surface area contributed by atoms with Crippen molar-refractivity contribution in [2.45, 2.75) is 32.8 Å². The maximum atomic E-state index is 9.57. The fraction of sp³-hybridized carbons (Fsp3) is 1.00. The molecule has 0 heterocycles. The summed E-state index contributed by atoms with van der Waals surface area (Å²) in [5.41, 5.74) is 0. The summed E-state index contributed by atoms with van der Waals surface area (Å²) in [7, 11) is 1.70. The van der Waals surface area contributed by atoms with E-state index in [0.29, 0.717) is 19.1 Å². The molecule has 0 aromatic heterocycles. The third kappa shape index (κ3) is 10.4. The average Bonchev–Trinajstić information content (AvgIpc) is 2.25. The fourth-order valence-corrected chi connectivity index (χ4v) is 1.36. The van der Waals surface area contributed by atoms with Crippen LogP contribution in [0.25, 0.3) is 0 Å². The van der Waals surface area contributed by atoms with E-state index in [1.807, 2.05) is 0 Å². The van der Waals surface area contributed by atoms with E-state index < -0.39 is 6.10 Å². The molecule has 0 rings (SSSR count).